The normalized spacial score (nSPS) is 25.3. The van der Waals surface area contributed by atoms with E-state index in [0.717, 1.165) is 12.8 Å². The molecule has 12 heavy (non-hydrogen) atoms. The average molecular weight is 172 g/mol. The minimum Gasteiger partial charge on any atom is -0.368 e. The molecule has 0 radical (unpaired) electrons. The molecular formula is C8H16N2O2. The van der Waals surface area contributed by atoms with Gasteiger partial charge >= 0.3 is 0 Å². The summed E-state index contributed by atoms with van der Waals surface area (Å²) in [6, 6.07) is 0.0432. The molecule has 1 aliphatic rings. The van der Waals surface area contributed by atoms with Gasteiger partial charge in [-0.3, -0.25) is 4.79 Å². The molecule has 70 valence electrons. The Balaban J connectivity index is 2.27. The summed E-state index contributed by atoms with van der Waals surface area (Å²) >= 11 is 0. The fourth-order valence-electron chi connectivity index (χ4n) is 1.18. The van der Waals surface area contributed by atoms with E-state index in [1.54, 1.807) is 0 Å². The first-order chi connectivity index (χ1) is 5.74. The van der Waals surface area contributed by atoms with E-state index < -0.39 is 0 Å². The van der Waals surface area contributed by atoms with Crippen LogP contribution in [0.15, 0.2) is 0 Å². The lowest BCUT2D eigenvalue weighted by Crippen LogP contribution is -2.43. The van der Waals surface area contributed by atoms with Gasteiger partial charge in [-0.2, -0.15) is 0 Å². The van der Waals surface area contributed by atoms with Gasteiger partial charge in [0, 0.05) is 19.2 Å². The smallest absolute Gasteiger partial charge is 0.249 e. The molecule has 0 aromatic carbocycles. The van der Waals surface area contributed by atoms with Crippen molar-refractivity contribution in [1.29, 1.82) is 0 Å². The zero-order valence-corrected chi connectivity index (χ0v) is 7.38. The molecule has 0 saturated carbocycles. The lowest BCUT2D eigenvalue weighted by molar-refractivity contribution is -0.130. The van der Waals surface area contributed by atoms with Crippen molar-refractivity contribution in [3.8, 4) is 0 Å². The number of nitrogens with two attached hydrogens (primary N) is 1. The van der Waals surface area contributed by atoms with Gasteiger partial charge in [0.05, 0.1) is 0 Å². The molecule has 0 aromatic heterocycles. The molecular weight excluding hydrogens is 156 g/mol. The number of ether oxygens (including phenoxy) is 1. The fourth-order valence-corrected chi connectivity index (χ4v) is 1.18. The van der Waals surface area contributed by atoms with Gasteiger partial charge < -0.3 is 15.8 Å². The summed E-state index contributed by atoms with van der Waals surface area (Å²) in [5, 5.41) is 2.78. The molecule has 1 unspecified atom stereocenters. The molecule has 4 heteroatoms. The first-order valence-electron chi connectivity index (χ1n) is 4.36. The van der Waals surface area contributed by atoms with E-state index in [1.807, 2.05) is 6.92 Å². The van der Waals surface area contributed by atoms with Crippen LogP contribution in [0.2, 0.25) is 0 Å². The van der Waals surface area contributed by atoms with Crippen LogP contribution in [0, 0.1) is 0 Å². The zero-order valence-electron chi connectivity index (χ0n) is 7.38. The molecule has 0 spiro atoms. The second-order valence-corrected chi connectivity index (χ2v) is 3.15. The molecule has 0 aliphatic carbocycles. The van der Waals surface area contributed by atoms with Gasteiger partial charge in [0.25, 0.3) is 0 Å². The van der Waals surface area contributed by atoms with Crippen molar-refractivity contribution in [1.82, 2.24) is 5.32 Å². The van der Waals surface area contributed by atoms with Crippen LogP contribution in [0.4, 0.5) is 0 Å². The lowest BCUT2D eigenvalue weighted by Gasteiger charge is -2.14. The maximum absolute atomic E-state index is 11.3. The summed E-state index contributed by atoms with van der Waals surface area (Å²) in [5.74, 6) is -0.0227. The largest absolute Gasteiger partial charge is 0.368 e. The number of amides is 1. The summed E-state index contributed by atoms with van der Waals surface area (Å²) in [4.78, 5) is 11.3. The molecule has 1 amide bonds. The summed E-state index contributed by atoms with van der Waals surface area (Å²) in [7, 11) is 0. The molecule has 1 rings (SSSR count). The third-order valence-corrected chi connectivity index (χ3v) is 1.96. The van der Waals surface area contributed by atoms with E-state index in [4.69, 9.17) is 10.5 Å². The highest BCUT2D eigenvalue weighted by Crippen LogP contribution is 2.11. The SMILES string of the molecule is C[C@H](CN)NC(=O)C1CCCO1. The average Bonchev–Trinajstić information content (AvgIpc) is 2.56. The molecule has 1 heterocycles. The third kappa shape index (κ3) is 2.46. The highest BCUT2D eigenvalue weighted by atomic mass is 16.5. The predicted octanol–water partition coefficient (Wildman–Crippen LogP) is -0.371. The van der Waals surface area contributed by atoms with Gasteiger partial charge in [0.2, 0.25) is 5.91 Å². The van der Waals surface area contributed by atoms with Crippen molar-refractivity contribution >= 4 is 5.91 Å². The summed E-state index contributed by atoms with van der Waals surface area (Å²) in [6.07, 6.45) is 1.58. The minimum atomic E-state index is -0.237. The van der Waals surface area contributed by atoms with Crippen molar-refractivity contribution in [3.05, 3.63) is 0 Å². The molecule has 3 N–H and O–H groups in total. The molecule has 1 saturated heterocycles. The Kier molecular flexibility index (Phi) is 3.49. The first-order valence-corrected chi connectivity index (χ1v) is 4.36. The molecule has 4 nitrogen and oxygen atoms in total. The Morgan fingerprint density at radius 1 is 1.83 bits per heavy atom. The van der Waals surface area contributed by atoms with Crippen molar-refractivity contribution in [2.75, 3.05) is 13.2 Å². The summed E-state index contributed by atoms with van der Waals surface area (Å²) in [6.45, 7) is 3.06. The van der Waals surface area contributed by atoms with Crippen LogP contribution in [0.5, 0.6) is 0 Å². The van der Waals surface area contributed by atoms with Gasteiger partial charge in [0.15, 0.2) is 0 Å². The number of rotatable bonds is 3. The summed E-state index contributed by atoms with van der Waals surface area (Å²) in [5.41, 5.74) is 5.36. The Morgan fingerprint density at radius 2 is 2.58 bits per heavy atom. The molecule has 2 atom stereocenters. The van der Waals surface area contributed by atoms with Gasteiger partial charge in [-0.25, -0.2) is 0 Å². The Morgan fingerprint density at radius 3 is 3.08 bits per heavy atom. The van der Waals surface area contributed by atoms with Gasteiger partial charge in [0.1, 0.15) is 6.10 Å². The molecule has 1 fully saturated rings. The van der Waals surface area contributed by atoms with E-state index in [-0.39, 0.29) is 18.1 Å². The van der Waals surface area contributed by atoms with Gasteiger partial charge in [-0.15, -0.1) is 0 Å². The quantitative estimate of drug-likeness (QED) is 0.610. The van der Waals surface area contributed by atoms with Crippen molar-refractivity contribution in [2.45, 2.75) is 31.9 Å². The maximum atomic E-state index is 11.3. The van der Waals surface area contributed by atoms with E-state index in [2.05, 4.69) is 5.32 Å². The number of hydrogen-bond acceptors (Lipinski definition) is 3. The number of hydrogen-bond donors (Lipinski definition) is 2. The Hall–Kier alpha value is -0.610. The molecule has 0 bridgehead atoms. The van der Waals surface area contributed by atoms with Gasteiger partial charge in [-0.05, 0) is 19.8 Å². The second kappa shape index (κ2) is 4.42. The van der Waals surface area contributed by atoms with E-state index >= 15 is 0 Å². The standard InChI is InChI=1S/C8H16N2O2/c1-6(5-9)10-8(11)7-3-2-4-12-7/h6-7H,2-5,9H2,1H3,(H,10,11)/t6-,7?/m1/s1. The van der Waals surface area contributed by atoms with Crippen LogP contribution < -0.4 is 11.1 Å². The number of carbonyl (C=O) groups excluding carboxylic acids is 1. The zero-order chi connectivity index (χ0) is 8.97. The molecule has 0 aromatic rings. The molecule has 1 aliphatic heterocycles. The lowest BCUT2D eigenvalue weighted by atomic mass is 10.2. The van der Waals surface area contributed by atoms with Crippen molar-refractivity contribution < 1.29 is 9.53 Å². The fraction of sp³-hybridized carbons (Fsp3) is 0.875. The second-order valence-electron chi connectivity index (χ2n) is 3.15. The Bertz CT molecular complexity index is 155. The van der Waals surface area contributed by atoms with Crippen molar-refractivity contribution in [3.63, 3.8) is 0 Å². The highest BCUT2D eigenvalue weighted by molar-refractivity contribution is 5.81. The van der Waals surface area contributed by atoms with Crippen LogP contribution in [0.3, 0.4) is 0 Å². The summed E-state index contributed by atoms with van der Waals surface area (Å²) < 4.78 is 5.21. The first kappa shape index (κ1) is 9.48. The van der Waals surface area contributed by atoms with Crippen LogP contribution in [-0.4, -0.2) is 31.2 Å². The van der Waals surface area contributed by atoms with Crippen LogP contribution in [0.25, 0.3) is 0 Å². The van der Waals surface area contributed by atoms with E-state index in [9.17, 15) is 4.79 Å². The number of nitrogens with one attached hydrogen (secondary N) is 1. The van der Waals surface area contributed by atoms with E-state index in [1.165, 1.54) is 0 Å². The predicted molar refractivity (Wildman–Crippen MR) is 45.6 cm³/mol. The van der Waals surface area contributed by atoms with E-state index in [0.29, 0.717) is 13.2 Å². The maximum Gasteiger partial charge on any atom is 0.249 e. The minimum absolute atomic E-state index is 0.0227. The van der Waals surface area contributed by atoms with Crippen LogP contribution in [-0.2, 0) is 9.53 Å². The highest BCUT2D eigenvalue weighted by Gasteiger charge is 2.23. The van der Waals surface area contributed by atoms with Crippen LogP contribution >= 0.6 is 0 Å². The Labute approximate surface area is 72.5 Å². The van der Waals surface area contributed by atoms with Crippen LogP contribution in [0.1, 0.15) is 19.8 Å². The number of carbonyl (C=O) groups is 1. The monoisotopic (exact) mass is 172 g/mol. The van der Waals surface area contributed by atoms with Gasteiger partial charge in [-0.1, -0.05) is 0 Å². The topological polar surface area (TPSA) is 64.3 Å². The van der Waals surface area contributed by atoms with Crippen molar-refractivity contribution in [2.24, 2.45) is 5.73 Å². The third-order valence-electron chi connectivity index (χ3n) is 1.96.